The lowest BCUT2D eigenvalue weighted by Gasteiger charge is -2.37. The third-order valence-electron chi connectivity index (χ3n) is 3.45. The Kier molecular flexibility index (Phi) is 3.78. The number of hydrogen-bond donors (Lipinski definition) is 1. The fourth-order valence-corrected chi connectivity index (χ4v) is 2.13. The van der Waals surface area contributed by atoms with E-state index in [1.165, 1.54) is 30.5 Å². The molecule has 1 fully saturated rings. The number of rotatable bonds is 5. The van der Waals surface area contributed by atoms with Crippen molar-refractivity contribution >= 4 is 5.69 Å². The van der Waals surface area contributed by atoms with Crippen molar-refractivity contribution in [2.45, 2.75) is 38.8 Å². The molecule has 3 nitrogen and oxygen atoms in total. The monoisotopic (exact) mass is 219 g/mol. The Morgan fingerprint density at radius 1 is 1.50 bits per heavy atom. The van der Waals surface area contributed by atoms with Crippen molar-refractivity contribution in [2.24, 2.45) is 0 Å². The molecule has 0 bridgehead atoms. The second-order valence-electron chi connectivity index (χ2n) is 4.48. The van der Waals surface area contributed by atoms with Crippen LogP contribution >= 0.6 is 0 Å². The summed E-state index contributed by atoms with van der Waals surface area (Å²) >= 11 is 0. The summed E-state index contributed by atoms with van der Waals surface area (Å²) in [4.78, 5) is 6.63. The first-order chi connectivity index (χ1) is 7.83. The maximum atomic E-state index is 4.22. The molecule has 88 valence electrons. The minimum Gasteiger partial charge on any atom is -0.371 e. The molecule has 0 saturated heterocycles. The molecule has 1 N–H and O–H groups in total. The molecule has 0 aromatic carbocycles. The van der Waals surface area contributed by atoms with Crippen LogP contribution in [0, 0.1) is 0 Å². The number of aromatic nitrogens is 1. The van der Waals surface area contributed by atoms with Gasteiger partial charge in [-0.3, -0.25) is 4.98 Å². The van der Waals surface area contributed by atoms with Gasteiger partial charge in [0.15, 0.2) is 0 Å². The number of nitrogens with zero attached hydrogens (tertiary/aromatic N) is 2. The van der Waals surface area contributed by atoms with Crippen LogP contribution in [0.1, 0.15) is 31.7 Å². The maximum Gasteiger partial charge on any atom is 0.0442 e. The van der Waals surface area contributed by atoms with E-state index in [2.05, 4.69) is 35.2 Å². The predicted octanol–water partition coefficient (Wildman–Crippen LogP) is 2.18. The van der Waals surface area contributed by atoms with Gasteiger partial charge >= 0.3 is 0 Å². The molecular weight excluding hydrogens is 198 g/mol. The maximum absolute atomic E-state index is 4.22. The lowest BCUT2D eigenvalue weighted by atomic mass is 9.91. The Balaban J connectivity index is 2.11. The van der Waals surface area contributed by atoms with Crippen LogP contribution in [0.2, 0.25) is 0 Å². The van der Waals surface area contributed by atoms with Crippen LogP contribution in [0.3, 0.4) is 0 Å². The number of hydrogen-bond acceptors (Lipinski definition) is 3. The van der Waals surface area contributed by atoms with Crippen molar-refractivity contribution in [1.82, 2.24) is 10.3 Å². The predicted molar refractivity (Wildman–Crippen MR) is 67.7 cm³/mol. The Bertz CT molecular complexity index is 334. The highest BCUT2D eigenvalue weighted by Crippen LogP contribution is 2.29. The lowest BCUT2D eigenvalue weighted by molar-refractivity contribution is 0.400. The van der Waals surface area contributed by atoms with E-state index in [4.69, 9.17) is 0 Å². The molecule has 0 amide bonds. The lowest BCUT2D eigenvalue weighted by Crippen LogP contribution is -2.37. The first-order valence-corrected chi connectivity index (χ1v) is 6.19. The Hall–Kier alpha value is -1.09. The third kappa shape index (κ3) is 2.35. The second-order valence-corrected chi connectivity index (χ2v) is 4.48. The first-order valence-electron chi connectivity index (χ1n) is 6.19. The summed E-state index contributed by atoms with van der Waals surface area (Å²) in [6.45, 7) is 4.05. The highest BCUT2D eigenvalue weighted by molar-refractivity contribution is 5.52. The number of pyridine rings is 1. The van der Waals surface area contributed by atoms with E-state index < -0.39 is 0 Å². The molecule has 0 radical (unpaired) electrons. The molecule has 0 atom stereocenters. The van der Waals surface area contributed by atoms with Crippen LogP contribution in [0.25, 0.3) is 0 Å². The van der Waals surface area contributed by atoms with E-state index in [1.54, 1.807) is 0 Å². The van der Waals surface area contributed by atoms with Crippen molar-refractivity contribution in [2.75, 3.05) is 18.5 Å². The molecule has 1 aromatic rings. The van der Waals surface area contributed by atoms with Gasteiger partial charge in [0, 0.05) is 43.3 Å². The van der Waals surface area contributed by atoms with E-state index in [0.29, 0.717) is 0 Å². The Morgan fingerprint density at radius 3 is 2.94 bits per heavy atom. The molecule has 1 aliphatic rings. The smallest absolute Gasteiger partial charge is 0.0442 e. The summed E-state index contributed by atoms with van der Waals surface area (Å²) in [6.07, 6.45) is 7.91. The quantitative estimate of drug-likeness (QED) is 0.822. The number of nitrogens with one attached hydrogen (secondary N) is 1. The van der Waals surface area contributed by atoms with Crippen LogP contribution in [0.15, 0.2) is 18.5 Å². The van der Waals surface area contributed by atoms with Crippen molar-refractivity contribution in [3.05, 3.63) is 24.0 Å². The molecule has 2 rings (SSSR count). The van der Waals surface area contributed by atoms with Gasteiger partial charge in [-0.05, 0) is 31.9 Å². The standard InChI is InChI=1S/C13H21N3/c1-3-14-9-11-10-15-8-7-13(11)16(2)12-5-4-6-12/h7-8,10,12,14H,3-6,9H2,1-2H3. The van der Waals surface area contributed by atoms with Crippen LogP contribution in [-0.4, -0.2) is 24.6 Å². The second kappa shape index (κ2) is 5.30. The zero-order valence-corrected chi connectivity index (χ0v) is 10.2. The van der Waals surface area contributed by atoms with Gasteiger partial charge in [-0.25, -0.2) is 0 Å². The SMILES string of the molecule is CCNCc1cnccc1N(C)C1CCC1. The van der Waals surface area contributed by atoms with E-state index in [-0.39, 0.29) is 0 Å². The fraction of sp³-hybridized carbons (Fsp3) is 0.615. The van der Waals surface area contributed by atoms with Crippen molar-refractivity contribution < 1.29 is 0 Å². The summed E-state index contributed by atoms with van der Waals surface area (Å²) in [5.74, 6) is 0. The van der Waals surface area contributed by atoms with Crippen LogP contribution < -0.4 is 10.2 Å². The molecule has 16 heavy (non-hydrogen) atoms. The van der Waals surface area contributed by atoms with Gasteiger partial charge in [0.25, 0.3) is 0 Å². The zero-order chi connectivity index (χ0) is 11.4. The molecule has 1 aliphatic carbocycles. The summed E-state index contributed by atoms with van der Waals surface area (Å²) in [7, 11) is 2.20. The van der Waals surface area contributed by atoms with E-state index in [1.807, 2.05) is 12.4 Å². The Morgan fingerprint density at radius 2 is 2.31 bits per heavy atom. The highest BCUT2D eigenvalue weighted by atomic mass is 15.1. The van der Waals surface area contributed by atoms with Crippen molar-refractivity contribution in [1.29, 1.82) is 0 Å². The largest absolute Gasteiger partial charge is 0.371 e. The van der Waals surface area contributed by atoms with E-state index >= 15 is 0 Å². The molecule has 1 heterocycles. The van der Waals surface area contributed by atoms with E-state index in [9.17, 15) is 0 Å². The summed E-state index contributed by atoms with van der Waals surface area (Å²) in [5, 5.41) is 3.37. The minimum atomic E-state index is 0.739. The van der Waals surface area contributed by atoms with Crippen LogP contribution in [0.5, 0.6) is 0 Å². The molecular formula is C13H21N3. The molecule has 0 aliphatic heterocycles. The summed E-state index contributed by atoms with van der Waals surface area (Å²) in [5.41, 5.74) is 2.64. The topological polar surface area (TPSA) is 28.2 Å². The molecule has 1 saturated carbocycles. The van der Waals surface area contributed by atoms with Crippen LogP contribution in [-0.2, 0) is 6.54 Å². The van der Waals surface area contributed by atoms with Gasteiger partial charge in [0.1, 0.15) is 0 Å². The zero-order valence-electron chi connectivity index (χ0n) is 10.2. The molecule has 3 heteroatoms. The van der Waals surface area contributed by atoms with E-state index in [0.717, 1.165) is 19.1 Å². The van der Waals surface area contributed by atoms with Gasteiger partial charge < -0.3 is 10.2 Å². The van der Waals surface area contributed by atoms with Gasteiger partial charge in [0.05, 0.1) is 0 Å². The normalized spacial score (nSPS) is 15.9. The molecule has 0 spiro atoms. The van der Waals surface area contributed by atoms with Gasteiger partial charge in [0.2, 0.25) is 0 Å². The molecule has 0 unspecified atom stereocenters. The fourth-order valence-electron chi connectivity index (χ4n) is 2.13. The number of anilines is 1. The highest BCUT2D eigenvalue weighted by Gasteiger charge is 2.23. The van der Waals surface area contributed by atoms with Crippen molar-refractivity contribution in [3.8, 4) is 0 Å². The minimum absolute atomic E-state index is 0.739. The average molecular weight is 219 g/mol. The molecule has 1 aromatic heterocycles. The summed E-state index contributed by atoms with van der Waals surface area (Å²) < 4.78 is 0. The average Bonchev–Trinajstić information content (AvgIpc) is 2.24. The first kappa shape index (κ1) is 11.4. The van der Waals surface area contributed by atoms with Gasteiger partial charge in [-0.2, -0.15) is 0 Å². The van der Waals surface area contributed by atoms with Gasteiger partial charge in [-0.15, -0.1) is 0 Å². The van der Waals surface area contributed by atoms with Crippen molar-refractivity contribution in [3.63, 3.8) is 0 Å². The summed E-state index contributed by atoms with van der Waals surface area (Å²) in [6, 6.07) is 2.87. The van der Waals surface area contributed by atoms with Crippen LogP contribution in [0.4, 0.5) is 5.69 Å². The van der Waals surface area contributed by atoms with Gasteiger partial charge in [-0.1, -0.05) is 6.92 Å². The third-order valence-corrected chi connectivity index (χ3v) is 3.45. The Labute approximate surface area is 97.9 Å².